The normalized spacial score (nSPS) is 49.5. The molecule has 0 aromatic carbocycles. The average Bonchev–Trinajstić information content (AvgIpc) is 0.754. The van der Waals surface area contributed by atoms with Gasteiger partial charge >= 0.3 is 5.97 Å². The highest BCUT2D eigenvalue weighted by Gasteiger charge is 2.65. The molecular weight excluding hydrogens is 2040 g/mol. The van der Waals surface area contributed by atoms with Crippen molar-refractivity contribution < 1.29 is 307 Å². The Labute approximate surface area is 842 Å². The zero-order valence-electron chi connectivity index (χ0n) is 80.1. The quantitative estimate of drug-likeness (QED) is 0.0272. The Morgan fingerprint density at radius 2 is 0.611 bits per heavy atom. The summed E-state index contributed by atoms with van der Waals surface area (Å²) in [5.41, 5.74) is 0. The fourth-order valence-electron chi connectivity index (χ4n) is 19.2. The van der Waals surface area contributed by atoms with E-state index in [9.17, 15) is 198 Å². The fourth-order valence-corrected chi connectivity index (χ4v) is 19.2. The molecule has 66 nitrogen and oxygen atoms in total. The predicted octanol–water partition coefficient (Wildman–Crippen LogP) is -25.3. The Bertz CT molecular complexity index is 4210. The monoisotopic (exact) mass is 2180 g/mol. The molecule has 12 heterocycles. The lowest BCUT2D eigenvalue weighted by atomic mass is 9.90. The lowest BCUT2D eigenvalue weighted by molar-refractivity contribution is -0.400. The number of hydrogen-bond donors (Lipinski definition) is 38. The molecule has 61 atom stereocenters. The topological polar surface area (TPSA) is 1030 Å². The van der Waals surface area contributed by atoms with Crippen LogP contribution in [0.4, 0.5) is 0 Å². The van der Waals surface area contributed by atoms with Gasteiger partial charge in [-0.2, -0.15) is 0 Å². The number of carboxylic acids is 1. The van der Waals surface area contributed by atoms with Gasteiger partial charge in [0.2, 0.25) is 23.6 Å². The summed E-state index contributed by atoms with van der Waals surface area (Å²) in [6, 6.07) is -8.20. The van der Waals surface area contributed by atoms with Crippen molar-refractivity contribution >= 4 is 29.6 Å². The van der Waals surface area contributed by atoms with E-state index in [0.717, 1.165) is 27.7 Å². The first-order chi connectivity index (χ1) is 70.2. The van der Waals surface area contributed by atoms with Gasteiger partial charge in [-0.1, -0.05) is 0 Å². The van der Waals surface area contributed by atoms with Crippen LogP contribution in [0.3, 0.4) is 0 Å². The maximum Gasteiger partial charge on any atom is 0.364 e. The van der Waals surface area contributed by atoms with Gasteiger partial charge in [-0.25, -0.2) is 4.79 Å². The van der Waals surface area contributed by atoms with E-state index in [0.29, 0.717) is 0 Å². The summed E-state index contributed by atoms with van der Waals surface area (Å²) in [6.07, 6.45) is -124. The van der Waals surface area contributed by atoms with Gasteiger partial charge in [0.05, 0.1) is 84.4 Å². The first-order valence-corrected chi connectivity index (χ1v) is 47.5. The van der Waals surface area contributed by atoms with E-state index >= 15 is 0 Å². The number of ether oxygens (including phenoxy) is 23. The standard InChI is InChI=1S/C83H138N4O62/c1-18-39(101)51(113)57(119)75(130-18)127-16-34-64(48(110)35(71(124)132-34)84-20(3)95)141-72-36(85-21(4)96)49(111)63(30(13-93)136-72)143-79-61(123)67(47(109)32(139-79)15-128-80-69(55(117)44(106)27(10-90)134-80)147-74-38(87-23(6)98)66(145-76-58(120)52(114)40(102)19(2)131-76)65(31(14-94)138-74)144-77-59(121)53(115)43(105)26(9-89)133-77)146-81-70(56(118)45(107)28(11-91)135-81)148-73-37(86-22(5)97)50(112)62(29(12-92)137-73)142-78-60(122)54(116)46(108)33(140-78)17-129-83(82(125)126)7-24(99)41(103)68(149-83)42(104)25(100)8-88/h18-19,24-81,88-94,99-124H,7-17H2,1-6H3,(H,84,95)(H,85,96)(H,86,97)(H,87,98)(H,125,126)/t18-,19-,24-,25+,26+,27+,28+,29+,30+,31+,32+,33+,34+,35+,36+,37+,38+,39+,40+,41+,42+,43-,44+,45+,46-,47+,48+,49+,50+,51+,52+,53-,54-,55-,56-,57-,58-,59+,60+,61-,62+,63+,64+,65+,66+,67-,68+,69-,70-,71+,72-,73-,74-,75+,76-,77-,78-,79-,80-,81+,83+/m0/s1. The molecule has 12 rings (SSSR count). The number of carbonyl (C=O) groups is 5. The van der Waals surface area contributed by atoms with Crippen molar-refractivity contribution in [3.05, 3.63) is 0 Å². The van der Waals surface area contributed by atoms with Gasteiger partial charge in [0.15, 0.2) is 69.2 Å². The van der Waals surface area contributed by atoms with Crippen molar-refractivity contribution in [2.75, 3.05) is 66.1 Å². The molecule has 12 fully saturated rings. The predicted molar refractivity (Wildman–Crippen MR) is 456 cm³/mol. The number of nitrogens with one attached hydrogen (secondary N) is 4. The highest BCUT2D eigenvalue weighted by molar-refractivity contribution is 5.76. The molecule has 66 heteroatoms. The number of aliphatic hydroxyl groups excluding tert-OH is 33. The van der Waals surface area contributed by atoms with Gasteiger partial charge in [-0.05, 0) is 13.8 Å². The minimum absolute atomic E-state index is 0.839. The van der Waals surface area contributed by atoms with Crippen LogP contribution >= 0.6 is 0 Å². The molecule has 12 aliphatic heterocycles. The van der Waals surface area contributed by atoms with Crippen molar-refractivity contribution in [3.8, 4) is 0 Å². The molecule has 0 aromatic heterocycles. The Morgan fingerprint density at radius 1 is 0.289 bits per heavy atom. The van der Waals surface area contributed by atoms with Crippen LogP contribution in [-0.2, 0) is 133 Å². The smallest absolute Gasteiger partial charge is 0.364 e. The molecule has 4 amide bonds. The largest absolute Gasteiger partial charge is 0.477 e. The van der Waals surface area contributed by atoms with E-state index < -0.39 is 476 Å². The number of aliphatic hydroxyl groups is 33. The van der Waals surface area contributed by atoms with Gasteiger partial charge in [-0.3, -0.25) is 19.2 Å². The second-order valence-electron chi connectivity index (χ2n) is 38.1. The molecule has 12 aliphatic rings. The third-order valence-corrected chi connectivity index (χ3v) is 27.6. The van der Waals surface area contributed by atoms with Crippen LogP contribution in [0.25, 0.3) is 0 Å². The number of rotatable bonds is 39. The molecule has 0 radical (unpaired) electrons. The Kier molecular flexibility index (Phi) is 43.4. The van der Waals surface area contributed by atoms with E-state index in [-0.39, 0.29) is 0 Å². The summed E-state index contributed by atoms with van der Waals surface area (Å²) < 4.78 is 138. The summed E-state index contributed by atoms with van der Waals surface area (Å²) in [7, 11) is 0. The molecular formula is C83H138N4O62. The molecule has 0 bridgehead atoms. The summed E-state index contributed by atoms with van der Waals surface area (Å²) in [5, 5.41) is 391. The average molecular weight is 2180 g/mol. The van der Waals surface area contributed by atoms with Crippen molar-refractivity contribution in [1.29, 1.82) is 0 Å². The molecule has 12 saturated heterocycles. The van der Waals surface area contributed by atoms with E-state index in [1.165, 1.54) is 13.8 Å². The zero-order valence-corrected chi connectivity index (χ0v) is 80.1. The molecule has 0 aromatic rings. The van der Waals surface area contributed by atoms with Crippen LogP contribution in [0.2, 0.25) is 0 Å². The Balaban J connectivity index is 0.879. The summed E-state index contributed by atoms with van der Waals surface area (Å²) in [4.78, 5) is 65.9. The lowest BCUT2D eigenvalue weighted by Crippen LogP contribution is -2.71. The minimum Gasteiger partial charge on any atom is -0.477 e. The van der Waals surface area contributed by atoms with Crippen molar-refractivity contribution in [2.45, 2.75) is 422 Å². The first-order valence-electron chi connectivity index (χ1n) is 47.5. The first kappa shape index (κ1) is 123. The second kappa shape index (κ2) is 52.7. The Hall–Kier alpha value is -4.89. The zero-order chi connectivity index (χ0) is 110. The Morgan fingerprint density at radius 3 is 1.08 bits per heavy atom. The maximum atomic E-state index is 13.6. The molecule has 862 valence electrons. The number of carboxylic acid groups (broad SMARTS) is 1. The second-order valence-corrected chi connectivity index (χ2v) is 38.1. The molecule has 38 N–H and O–H groups in total. The van der Waals surface area contributed by atoms with Gasteiger partial charge in [0.1, 0.15) is 281 Å². The van der Waals surface area contributed by atoms with Crippen LogP contribution in [0.5, 0.6) is 0 Å². The molecule has 0 aliphatic carbocycles. The van der Waals surface area contributed by atoms with Gasteiger partial charge in [0, 0.05) is 34.1 Å². The molecule has 0 unspecified atom stereocenters. The number of hydrogen-bond acceptors (Lipinski definition) is 61. The van der Waals surface area contributed by atoms with Crippen molar-refractivity contribution in [1.82, 2.24) is 21.3 Å². The van der Waals surface area contributed by atoms with Crippen LogP contribution < -0.4 is 21.3 Å². The van der Waals surface area contributed by atoms with Crippen LogP contribution in [0.15, 0.2) is 0 Å². The van der Waals surface area contributed by atoms with Crippen LogP contribution in [-0.4, -0.2) is 643 Å². The van der Waals surface area contributed by atoms with Crippen molar-refractivity contribution in [3.63, 3.8) is 0 Å². The van der Waals surface area contributed by atoms with Crippen LogP contribution in [0, 0.1) is 0 Å². The highest BCUT2D eigenvalue weighted by Crippen LogP contribution is 2.44. The van der Waals surface area contributed by atoms with Gasteiger partial charge < -0.3 is 304 Å². The summed E-state index contributed by atoms with van der Waals surface area (Å²) in [6.45, 7) is -6.19. The van der Waals surface area contributed by atoms with Gasteiger partial charge in [0.25, 0.3) is 5.79 Å². The third kappa shape index (κ3) is 27.0. The maximum absolute atomic E-state index is 13.6. The summed E-state index contributed by atoms with van der Waals surface area (Å²) >= 11 is 0. The molecule has 0 spiro atoms. The van der Waals surface area contributed by atoms with E-state index in [4.69, 9.17) is 109 Å². The minimum atomic E-state index is -3.14. The van der Waals surface area contributed by atoms with Crippen LogP contribution in [0.1, 0.15) is 48.0 Å². The van der Waals surface area contributed by atoms with E-state index in [2.05, 4.69) is 21.3 Å². The lowest BCUT2D eigenvalue weighted by Gasteiger charge is -2.52. The number of aliphatic carboxylic acids is 1. The highest BCUT2D eigenvalue weighted by atomic mass is 16.8. The molecule has 149 heavy (non-hydrogen) atoms. The van der Waals surface area contributed by atoms with E-state index in [1.807, 2.05) is 0 Å². The fraction of sp³-hybridized carbons (Fsp3) is 0.940. The summed E-state index contributed by atoms with van der Waals surface area (Å²) in [5.74, 6) is -9.30. The number of amides is 4. The number of carbonyl (C=O) groups excluding carboxylic acids is 4. The van der Waals surface area contributed by atoms with Gasteiger partial charge in [-0.15, -0.1) is 0 Å². The molecule has 0 saturated carbocycles. The van der Waals surface area contributed by atoms with E-state index in [1.54, 1.807) is 0 Å². The third-order valence-electron chi connectivity index (χ3n) is 27.6. The SMILES string of the molecule is CC(=O)N[C@@H]1[C@@H](O)[C@H](O[C@@H]2O[C@H](CO)[C@@H](O[C@@H]3O[C@H](CO[C@H]4O[C@H](CO)[C@@H](O)[C@H](O)[C@@H]4O[C@@H]4O[C@H](CO)[C@@H](O[C@@H]5O[C@H](CO)[C@H](O)[C@H](O)[C@H]5O)[C@H](O[C@@H]5O[C@@H](C)[C@@H](O)[C@@H](O)[C@@H]5O)[C@H]4NC(C)=O)[C@@H](O)[C@H](O[C@H]4O[C@H](CO)[C@@H](O)[C@H](O)[C@@H]4O[C@@H]4O[C@H](CO)[C@@H](O[C@@H]5O[C@H](CO[C@]6(C(=O)O)C[C@H](O)[C@@H](O)[C@H]([C@H](O)[C@H](O)CO)O6)[C@H](O)[C@H](O)[C@H]5O)[C@H](O)[C@H]4NC(C)=O)[C@@H]3O)[C@H](O)[C@H]2NC(C)=O)[C@@H](CO[C@@H]2O[C@@H](C)[C@@H](O)[C@@H](O)[C@@H]2O)O[C@H]1O. The van der Waals surface area contributed by atoms with Crippen molar-refractivity contribution in [2.24, 2.45) is 0 Å².